The minimum Gasteiger partial charge on any atom is -0.486 e. The van der Waals surface area contributed by atoms with E-state index in [0.29, 0.717) is 30.4 Å². The van der Waals surface area contributed by atoms with Crippen molar-refractivity contribution in [2.75, 3.05) is 18.5 Å². The summed E-state index contributed by atoms with van der Waals surface area (Å²) in [6.45, 7) is 7.58. The topological polar surface area (TPSA) is 60.5 Å². The Morgan fingerprint density at radius 3 is 2.23 bits per heavy atom. The van der Waals surface area contributed by atoms with E-state index in [1.807, 2.05) is 24.3 Å². The smallest absolute Gasteiger partial charge is 0.249 e. The molecule has 0 saturated carbocycles. The highest BCUT2D eigenvalue weighted by Crippen LogP contribution is 2.33. The lowest BCUT2D eigenvalue weighted by Crippen LogP contribution is -2.16. The second kappa shape index (κ2) is 8.64. The lowest BCUT2D eigenvalue weighted by Gasteiger charge is -2.20. The molecule has 0 atom stereocenters. The number of rotatable bonds is 4. The molecule has 2 heterocycles. The van der Waals surface area contributed by atoms with Crippen LogP contribution in [0, 0.1) is 0 Å². The highest BCUT2D eigenvalue weighted by atomic mass is 16.6. The molecule has 1 amide bonds. The highest BCUT2D eigenvalue weighted by molar-refractivity contribution is 6.06. The number of anilines is 1. The van der Waals surface area contributed by atoms with Gasteiger partial charge in [0.25, 0.3) is 0 Å². The fourth-order valence-corrected chi connectivity index (χ4v) is 3.45. The molecule has 0 aliphatic carbocycles. The predicted molar refractivity (Wildman–Crippen MR) is 123 cm³/mol. The Morgan fingerprint density at radius 1 is 0.903 bits per heavy atom. The van der Waals surface area contributed by atoms with Crippen LogP contribution in [0.3, 0.4) is 0 Å². The molecule has 3 aromatic rings. The Hall–Kier alpha value is -3.60. The first-order chi connectivity index (χ1) is 14.9. The van der Waals surface area contributed by atoms with Crippen molar-refractivity contribution in [2.24, 2.45) is 0 Å². The second-order valence-corrected chi connectivity index (χ2v) is 8.47. The largest absolute Gasteiger partial charge is 0.486 e. The van der Waals surface area contributed by atoms with Gasteiger partial charge >= 0.3 is 0 Å². The molecule has 0 unspecified atom stereocenters. The van der Waals surface area contributed by atoms with E-state index in [4.69, 9.17) is 9.47 Å². The molecule has 158 valence electrons. The molecule has 1 aliphatic rings. The van der Waals surface area contributed by atoms with Crippen LogP contribution in [0.15, 0.2) is 73.1 Å². The number of carbonyl (C=O) groups excluding carboxylic acids is 1. The number of nitrogens with one attached hydrogen (secondary N) is 1. The van der Waals surface area contributed by atoms with Gasteiger partial charge in [-0.3, -0.25) is 9.78 Å². The predicted octanol–water partition coefficient (Wildman–Crippen LogP) is 5.22. The number of carbonyl (C=O) groups is 1. The molecule has 2 aromatic carbocycles. The molecule has 5 heteroatoms. The van der Waals surface area contributed by atoms with Crippen molar-refractivity contribution < 1.29 is 14.3 Å². The van der Waals surface area contributed by atoms with Gasteiger partial charge in [0.15, 0.2) is 11.5 Å². The number of fused-ring (bicyclic) bond motifs is 1. The summed E-state index contributed by atoms with van der Waals surface area (Å²) < 4.78 is 11.1. The molecule has 4 rings (SSSR count). The van der Waals surface area contributed by atoms with Crippen LogP contribution in [-0.2, 0) is 10.2 Å². The number of nitrogens with zero attached hydrogens (tertiary/aromatic N) is 1. The molecule has 0 fully saturated rings. The first-order valence-electron chi connectivity index (χ1n) is 10.3. The van der Waals surface area contributed by atoms with Crippen molar-refractivity contribution in [2.45, 2.75) is 26.2 Å². The van der Waals surface area contributed by atoms with Crippen LogP contribution in [0.25, 0.3) is 5.57 Å². The van der Waals surface area contributed by atoms with E-state index < -0.39 is 0 Å². The lowest BCUT2D eigenvalue weighted by atomic mass is 9.85. The molecule has 0 spiro atoms. The Balaban J connectivity index is 1.63. The lowest BCUT2D eigenvalue weighted by molar-refractivity contribution is -0.111. The van der Waals surface area contributed by atoms with Gasteiger partial charge in [-0.05, 0) is 51.9 Å². The quantitative estimate of drug-likeness (QED) is 0.595. The van der Waals surface area contributed by atoms with Crippen LogP contribution < -0.4 is 14.8 Å². The van der Waals surface area contributed by atoms with Gasteiger partial charge in [0.2, 0.25) is 5.91 Å². The van der Waals surface area contributed by atoms with Crippen LogP contribution in [0.1, 0.15) is 37.5 Å². The maximum absolute atomic E-state index is 12.9. The van der Waals surface area contributed by atoms with E-state index in [1.54, 1.807) is 24.5 Å². The monoisotopic (exact) mass is 414 g/mol. The van der Waals surface area contributed by atoms with Crippen LogP contribution in [0.4, 0.5) is 5.69 Å². The Kier molecular flexibility index (Phi) is 5.76. The van der Waals surface area contributed by atoms with Crippen molar-refractivity contribution in [1.29, 1.82) is 0 Å². The fraction of sp³-hybridized carbons (Fsp3) is 0.231. The molecule has 1 aromatic heterocycles. The number of hydrogen-bond donors (Lipinski definition) is 1. The maximum atomic E-state index is 12.9. The summed E-state index contributed by atoms with van der Waals surface area (Å²) in [5.41, 5.74) is 4.69. The Morgan fingerprint density at radius 2 is 1.55 bits per heavy atom. The molecule has 31 heavy (non-hydrogen) atoms. The number of benzene rings is 2. The third-order valence-corrected chi connectivity index (χ3v) is 5.14. The van der Waals surface area contributed by atoms with Crippen LogP contribution in [0.5, 0.6) is 11.5 Å². The van der Waals surface area contributed by atoms with Gasteiger partial charge < -0.3 is 14.8 Å². The summed E-state index contributed by atoms with van der Waals surface area (Å²) >= 11 is 0. The summed E-state index contributed by atoms with van der Waals surface area (Å²) in [7, 11) is 0. The first kappa shape index (κ1) is 20.7. The van der Waals surface area contributed by atoms with Crippen LogP contribution >= 0.6 is 0 Å². The summed E-state index contributed by atoms with van der Waals surface area (Å²) in [4.78, 5) is 17.0. The minimum absolute atomic E-state index is 0.0642. The fourth-order valence-electron chi connectivity index (χ4n) is 3.45. The van der Waals surface area contributed by atoms with E-state index in [1.165, 1.54) is 5.56 Å². The van der Waals surface area contributed by atoms with Gasteiger partial charge in [-0.15, -0.1) is 0 Å². The molecule has 0 radical (unpaired) electrons. The van der Waals surface area contributed by atoms with Gasteiger partial charge in [-0.2, -0.15) is 0 Å². The molecular formula is C26H26N2O3. The van der Waals surface area contributed by atoms with Gasteiger partial charge in [0.1, 0.15) is 13.2 Å². The SMILES string of the molecule is CC(C)(C)c1ccc(C(=CC(=O)Nc2ccc3c(c2)OCCO3)c2ccncc2)cc1. The van der Waals surface area contributed by atoms with Gasteiger partial charge in [-0.1, -0.05) is 45.0 Å². The van der Waals surface area contributed by atoms with Gasteiger partial charge in [0, 0.05) is 30.2 Å². The Bertz CT molecular complexity index is 1100. The van der Waals surface area contributed by atoms with Crippen molar-refractivity contribution in [1.82, 2.24) is 4.98 Å². The van der Waals surface area contributed by atoms with E-state index in [2.05, 4.69) is 55.3 Å². The Labute approximate surface area is 182 Å². The number of pyridine rings is 1. The zero-order chi connectivity index (χ0) is 21.8. The average Bonchev–Trinajstić information content (AvgIpc) is 2.77. The van der Waals surface area contributed by atoms with Gasteiger partial charge in [-0.25, -0.2) is 0 Å². The summed E-state index contributed by atoms with van der Waals surface area (Å²) in [6, 6.07) is 17.6. The highest BCUT2D eigenvalue weighted by Gasteiger charge is 2.15. The molecular weight excluding hydrogens is 388 g/mol. The first-order valence-corrected chi connectivity index (χ1v) is 10.3. The number of ether oxygens (including phenoxy) is 2. The second-order valence-electron chi connectivity index (χ2n) is 8.47. The molecule has 1 aliphatic heterocycles. The van der Waals surface area contributed by atoms with E-state index in [0.717, 1.165) is 16.7 Å². The van der Waals surface area contributed by atoms with E-state index in [9.17, 15) is 4.79 Å². The van der Waals surface area contributed by atoms with Crippen molar-refractivity contribution in [3.8, 4) is 11.5 Å². The normalized spacial score (nSPS) is 13.6. The minimum atomic E-state index is -0.219. The number of amides is 1. The maximum Gasteiger partial charge on any atom is 0.249 e. The van der Waals surface area contributed by atoms with E-state index in [-0.39, 0.29) is 11.3 Å². The number of hydrogen-bond acceptors (Lipinski definition) is 4. The van der Waals surface area contributed by atoms with Crippen molar-refractivity contribution in [3.05, 3.63) is 89.8 Å². The van der Waals surface area contributed by atoms with Crippen molar-refractivity contribution >= 4 is 17.2 Å². The molecule has 0 saturated heterocycles. The van der Waals surface area contributed by atoms with Crippen LogP contribution in [-0.4, -0.2) is 24.1 Å². The third kappa shape index (κ3) is 4.94. The summed E-state index contributed by atoms with van der Waals surface area (Å²) in [5, 5.41) is 2.93. The molecule has 5 nitrogen and oxygen atoms in total. The van der Waals surface area contributed by atoms with Crippen molar-refractivity contribution in [3.63, 3.8) is 0 Å². The summed E-state index contributed by atoms with van der Waals surface area (Å²) in [5.74, 6) is 1.11. The summed E-state index contributed by atoms with van der Waals surface area (Å²) in [6.07, 6.45) is 5.08. The zero-order valence-corrected chi connectivity index (χ0v) is 18.0. The van der Waals surface area contributed by atoms with E-state index >= 15 is 0 Å². The number of aromatic nitrogens is 1. The average molecular weight is 415 g/mol. The standard InChI is InChI=1S/C26H26N2O3/c1-26(2,3)20-6-4-18(5-7-20)22(19-10-12-27-13-11-19)17-25(29)28-21-8-9-23-24(16-21)31-15-14-30-23/h4-13,16-17H,14-15H2,1-3H3,(H,28,29). The van der Waals surface area contributed by atoms with Gasteiger partial charge in [0.05, 0.1) is 0 Å². The molecule has 1 N–H and O–H groups in total. The molecule has 0 bridgehead atoms. The zero-order valence-electron chi connectivity index (χ0n) is 18.0. The third-order valence-electron chi connectivity index (χ3n) is 5.14. The van der Waals surface area contributed by atoms with Crippen LogP contribution in [0.2, 0.25) is 0 Å².